The average molecular weight is 318 g/mol. The molecular formula is C13H26N4O3S. The number of carbonyl (C=O) groups is 1. The molecule has 8 heteroatoms. The van der Waals surface area contributed by atoms with Crippen molar-refractivity contribution in [1.82, 2.24) is 14.9 Å². The maximum Gasteiger partial charge on any atom is 0.238 e. The number of piperidine rings is 1. The van der Waals surface area contributed by atoms with Crippen LogP contribution in [0.1, 0.15) is 33.1 Å². The molecule has 0 aliphatic carbocycles. The van der Waals surface area contributed by atoms with E-state index in [2.05, 4.69) is 10.0 Å². The van der Waals surface area contributed by atoms with Crippen molar-refractivity contribution in [2.75, 3.05) is 25.9 Å². The van der Waals surface area contributed by atoms with E-state index in [9.17, 15) is 13.2 Å². The summed E-state index contributed by atoms with van der Waals surface area (Å²) in [7, 11) is -3.42. The Morgan fingerprint density at radius 1 is 1.38 bits per heavy atom. The zero-order chi connectivity index (χ0) is 16.0. The van der Waals surface area contributed by atoms with E-state index in [0.717, 1.165) is 32.2 Å². The minimum Gasteiger partial charge on any atom is -0.361 e. The molecule has 1 aliphatic rings. The lowest BCUT2D eigenvalue weighted by atomic mass is 9.90. The molecule has 1 rings (SSSR count). The number of likely N-dealkylation sites (N-methyl/N-ethyl adjacent to an activating group) is 1. The van der Waals surface area contributed by atoms with E-state index in [1.165, 1.54) is 0 Å². The Labute approximate surface area is 127 Å². The average Bonchev–Trinajstić information content (AvgIpc) is 2.37. The van der Waals surface area contributed by atoms with Crippen LogP contribution in [0.2, 0.25) is 0 Å². The van der Waals surface area contributed by atoms with Gasteiger partial charge in [0.05, 0.1) is 12.1 Å². The highest BCUT2D eigenvalue weighted by atomic mass is 32.2. The fraction of sp³-hybridized carbons (Fsp3) is 0.846. The number of hydrogen-bond acceptors (Lipinski definition) is 4. The number of likely N-dealkylation sites (tertiary alicyclic amines) is 1. The van der Waals surface area contributed by atoms with Crippen LogP contribution in [0.4, 0.5) is 0 Å². The third-order valence-electron chi connectivity index (χ3n) is 3.68. The minimum atomic E-state index is -3.42. The van der Waals surface area contributed by atoms with Gasteiger partial charge >= 0.3 is 0 Å². The van der Waals surface area contributed by atoms with Crippen LogP contribution in [0, 0.1) is 11.3 Å². The van der Waals surface area contributed by atoms with Crippen LogP contribution in [0.15, 0.2) is 0 Å². The Morgan fingerprint density at radius 2 is 1.95 bits per heavy atom. The van der Waals surface area contributed by atoms with E-state index in [-0.39, 0.29) is 5.91 Å². The van der Waals surface area contributed by atoms with Crippen molar-refractivity contribution in [2.45, 2.75) is 39.2 Å². The highest BCUT2D eigenvalue weighted by Gasteiger charge is 2.28. The second-order valence-electron chi connectivity index (χ2n) is 5.59. The fourth-order valence-corrected chi connectivity index (χ4v) is 3.32. The van der Waals surface area contributed by atoms with E-state index < -0.39 is 16.1 Å². The predicted molar refractivity (Wildman–Crippen MR) is 82.8 cm³/mol. The molecule has 122 valence electrons. The zero-order valence-electron chi connectivity index (χ0n) is 13.0. The molecular weight excluding hydrogens is 292 g/mol. The first-order valence-electron chi connectivity index (χ1n) is 7.28. The van der Waals surface area contributed by atoms with Crippen LogP contribution in [0.5, 0.6) is 0 Å². The van der Waals surface area contributed by atoms with Crippen molar-refractivity contribution in [3.63, 3.8) is 0 Å². The van der Waals surface area contributed by atoms with E-state index in [1.807, 2.05) is 4.90 Å². The maximum absolute atomic E-state index is 12.0. The van der Waals surface area contributed by atoms with Crippen molar-refractivity contribution in [2.24, 2.45) is 5.92 Å². The lowest BCUT2D eigenvalue weighted by Gasteiger charge is -2.34. The van der Waals surface area contributed by atoms with Gasteiger partial charge in [-0.2, -0.15) is 0 Å². The molecule has 0 aromatic heterocycles. The monoisotopic (exact) mass is 318 g/mol. The molecule has 1 fully saturated rings. The highest BCUT2D eigenvalue weighted by molar-refractivity contribution is 7.88. The molecule has 1 heterocycles. The number of nitrogens with one attached hydrogen (secondary N) is 3. The van der Waals surface area contributed by atoms with Gasteiger partial charge in [0.25, 0.3) is 0 Å². The normalized spacial score (nSPS) is 18.3. The van der Waals surface area contributed by atoms with Gasteiger partial charge < -0.3 is 10.2 Å². The third-order valence-corrected chi connectivity index (χ3v) is 4.39. The van der Waals surface area contributed by atoms with Crippen molar-refractivity contribution in [3.05, 3.63) is 0 Å². The van der Waals surface area contributed by atoms with Gasteiger partial charge in [0.2, 0.25) is 15.9 Å². The summed E-state index contributed by atoms with van der Waals surface area (Å²) in [5.74, 6) is 0.582. The molecule has 1 atom stereocenters. The number of amidine groups is 1. The fourth-order valence-electron chi connectivity index (χ4n) is 2.60. The van der Waals surface area contributed by atoms with E-state index in [4.69, 9.17) is 5.41 Å². The van der Waals surface area contributed by atoms with Gasteiger partial charge in [-0.25, -0.2) is 13.1 Å². The zero-order valence-corrected chi connectivity index (χ0v) is 13.8. The molecule has 1 aliphatic heterocycles. The van der Waals surface area contributed by atoms with Gasteiger partial charge in [-0.3, -0.25) is 10.2 Å². The first kappa shape index (κ1) is 17.9. The van der Waals surface area contributed by atoms with Gasteiger partial charge in [-0.05, 0) is 39.0 Å². The molecule has 1 amide bonds. The molecule has 0 radical (unpaired) electrons. The number of rotatable bonds is 6. The van der Waals surface area contributed by atoms with E-state index in [0.29, 0.717) is 24.7 Å². The lowest BCUT2D eigenvalue weighted by Crippen LogP contribution is -2.48. The molecule has 0 aromatic carbocycles. The smallest absolute Gasteiger partial charge is 0.238 e. The Hall–Kier alpha value is -1.15. The number of hydrogen-bond donors (Lipinski definition) is 3. The van der Waals surface area contributed by atoms with Gasteiger partial charge in [0, 0.05) is 19.6 Å². The topological polar surface area (TPSA) is 102 Å². The van der Waals surface area contributed by atoms with E-state index in [1.54, 1.807) is 13.8 Å². The van der Waals surface area contributed by atoms with Crippen LogP contribution in [0.3, 0.4) is 0 Å². The van der Waals surface area contributed by atoms with Crippen molar-refractivity contribution >= 4 is 21.8 Å². The molecule has 21 heavy (non-hydrogen) atoms. The minimum absolute atomic E-state index is 0.270. The molecule has 0 spiro atoms. The summed E-state index contributed by atoms with van der Waals surface area (Å²) in [6.45, 7) is 5.64. The van der Waals surface area contributed by atoms with Crippen molar-refractivity contribution in [1.29, 1.82) is 5.41 Å². The van der Waals surface area contributed by atoms with Gasteiger partial charge in [-0.15, -0.1) is 0 Å². The quantitative estimate of drug-likeness (QED) is 0.479. The first-order valence-corrected chi connectivity index (χ1v) is 9.17. The van der Waals surface area contributed by atoms with Crippen molar-refractivity contribution in [3.8, 4) is 0 Å². The lowest BCUT2D eigenvalue weighted by molar-refractivity contribution is -0.123. The van der Waals surface area contributed by atoms with Crippen LogP contribution < -0.4 is 10.0 Å². The summed E-state index contributed by atoms with van der Waals surface area (Å²) in [5.41, 5.74) is 0. The molecule has 1 saturated heterocycles. The molecule has 0 saturated carbocycles. The molecule has 0 bridgehead atoms. The Balaban J connectivity index is 2.61. The Bertz CT molecular complexity index is 470. The summed E-state index contributed by atoms with van der Waals surface area (Å²) < 4.78 is 25.2. The Kier molecular flexibility index (Phi) is 6.60. The largest absolute Gasteiger partial charge is 0.361 e. The van der Waals surface area contributed by atoms with Crippen LogP contribution in [-0.4, -0.2) is 57.0 Å². The van der Waals surface area contributed by atoms with Crippen LogP contribution >= 0.6 is 0 Å². The Morgan fingerprint density at radius 3 is 2.38 bits per heavy atom. The van der Waals surface area contributed by atoms with Gasteiger partial charge in [0.15, 0.2) is 0 Å². The summed E-state index contributed by atoms with van der Waals surface area (Å²) in [6.07, 6.45) is 3.32. The predicted octanol–water partition coefficient (Wildman–Crippen LogP) is 0.140. The third kappa shape index (κ3) is 6.43. The van der Waals surface area contributed by atoms with Gasteiger partial charge in [0.1, 0.15) is 6.04 Å². The molecule has 1 unspecified atom stereocenters. The summed E-state index contributed by atoms with van der Waals surface area (Å²) >= 11 is 0. The van der Waals surface area contributed by atoms with Crippen LogP contribution in [0.25, 0.3) is 0 Å². The summed E-state index contributed by atoms with van der Waals surface area (Å²) in [5, 5.41) is 10.3. The summed E-state index contributed by atoms with van der Waals surface area (Å²) in [6, 6.07) is -0.711. The second-order valence-corrected chi connectivity index (χ2v) is 7.37. The number of carbonyl (C=O) groups excluding carboxylic acids is 1. The second kappa shape index (κ2) is 7.74. The molecule has 0 aromatic rings. The van der Waals surface area contributed by atoms with E-state index >= 15 is 0 Å². The number of amides is 1. The number of nitrogens with zero attached hydrogens (tertiary/aromatic N) is 1. The summed E-state index contributed by atoms with van der Waals surface area (Å²) in [4.78, 5) is 14.0. The molecule has 3 N–H and O–H groups in total. The maximum atomic E-state index is 12.0. The first-order chi connectivity index (χ1) is 9.73. The number of sulfonamides is 1. The van der Waals surface area contributed by atoms with Gasteiger partial charge in [-0.1, -0.05) is 0 Å². The SMILES string of the molecule is CCNC(=O)C(CC1CCN(C(C)=N)CC1)NS(C)(=O)=O. The van der Waals surface area contributed by atoms with Crippen molar-refractivity contribution < 1.29 is 13.2 Å². The highest BCUT2D eigenvalue weighted by Crippen LogP contribution is 2.22. The standard InChI is InChI=1S/C13H26N4O3S/c1-4-15-13(18)12(16-21(3,19)20)9-11-5-7-17(8-6-11)10(2)14/h11-12,14,16H,4-9H2,1-3H3,(H,15,18). The van der Waals surface area contributed by atoms with Crippen LogP contribution in [-0.2, 0) is 14.8 Å². The molecule has 7 nitrogen and oxygen atoms in total.